The van der Waals surface area contributed by atoms with Gasteiger partial charge in [-0.05, 0) is 39.2 Å². The molecule has 2 rings (SSSR count). The van der Waals surface area contributed by atoms with E-state index in [-0.39, 0.29) is 31.3 Å². The van der Waals surface area contributed by atoms with Crippen LogP contribution < -0.4 is 5.73 Å². The molecule has 0 bridgehead atoms. The van der Waals surface area contributed by atoms with Crippen molar-refractivity contribution < 1.29 is 22.8 Å². The van der Waals surface area contributed by atoms with Gasteiger partial charge >= 0.3 is 6.18 Å². The van der Waals surface area contributed by atoms with Crippen LogP contribution >= 0.6 is 0 Å². The molecule has 0 aromatic heterocycles. The number of piperidine rings is 2. The van der Waals surface area contributed by atoms with Crippen molar-refractivity contribution in [3.8, 4) is 0 Å². The van der Waals surface area contributed by atoms with E-state index in [9.17, 15) is 22.8 Å². The van der Waals surface area contributed by atoms with Crippen LogP contribution in [0.2, 0.25) is 0 Å². The van der Waals surface area contributed by atoms with Crippen molar-refractivity contribution in [3.05, 3.63) is 0 Å². The summed E-state index contributed by atoms with van der Waals surface area (Å²) in [6.07, 6.45) is -2.31. The van der Waals surface area contributed by atoms with E-state index < -0.39 is 24.0 Å². The molecule has 0 unspecified atom stereocenters. The highest BCUT2D eigenvalue weighted by molar-refractivity contribution is 5.83. The van der Waals surface area contributed by atoms with E-state index in [1.807, 2.05) is 0 Å². The third kappa shape index (κ3) is 4.37. The number of nitrogens with two attached hydrogens (primary N) is 1. The zero-order valence-electron chi connectivity index (χ0n) is 13.3. The molecular formula is C15H24F3N3O2. The molecule has 0 aromatic rings. The molecule has 0 aromatic carbocycles. The van der Waals surface area contributed by atoms with Crippen LogP contribution in [-0.2, 0) is 9.59 Å². The number of rotatable bonds is 3. The maximum Gasteiger partial charge on any atom is 0.393 e. The van der Waals surface area contributed by atoms with E-state index in [4.69, 9.17) is 5.73 Å². The van der Waals surface area contributed by atoms with Crippen molar-refractivity contribution in [1.82, 2.24) is 9.80 Å². The Morgan fingerprint density at radius 3 is 2.39 bits per heavy atom. The van der Waals surface area contributed by atoms with Gasteiger partial charge in [0.25, 0.3) is 0 Å². The van der Waals surface area contributed by atoms with Crippen LogP contribution in [0.4, 0.5) is 13.2 Å². The van der Waals surface area contributed by atoms with Crippen molar-refractivity contribution in [2.24, 2.45) is 17.6 Å². The summed E-state index contributed by atoms with van der Waals surface area (Å²) in [7, 11) is 0. The largest absolute Gasteiger partial charge is 0.393 e. The third-order valence-corrected chi connectivity index (χ3v) is 4.96. The quantitative estimate of drug-likeness (QED) is 0.847. The average molecular weight is 335 g/mol. The van der Waals surface area contributed by atoms with Gasteiger partial charge in [0.15, 0.2) is 0 Å². The minimum absolute atomic E-state index is 0.119. The summed E-state index contributed by atoms with van der Waals surface area (Å²) in [5.41, 5.74) is 5.30. The Balaban J connectivity index is 1.97. The van der Waals surface area contributed by atoms with Crippen LogP contribution in [0.5, 0.6) is 0 Å². The van der Waals surface area contributed by atoms with Gasteiger partial charge in [0.1, 0.15) is 0 Å². The first kappa shape index (κ1) is 18.0. The molecule has 2 aliphatic rings. The van der Waals surface area contributed by atoms with Crippen molar-refractivity contribution in [3.63, 3.8) is 0 Å². The Hall–Kier alpha value is -1.31. The predicted molar refractivity (Wildman–Crippen MR) is 78.3 cm³/mol. The molecule has 2 N–H and O–H groups in total. The fraction of sp³-hybridized carbons (Fsp3) is 0.867. The molecule has 2 fully saturated rings. The van der Waals surface area contributed by atoms with Crippen molar-refractivity contribution in [2.75, 3.05) is 26.2 Å². The highest BCUT2D eigenvalue weighted by Crippen LogP contribution is 2.34. The van der Waals surface area contributed by atoms with Gasteiger partial charge in [-0.1, -0.05) is 0 Å². The number of carbonyl (C=O) groups is 2. The van der Waals surface area contributed by atoms with Crippen LogP contribution in [0.1, 0.15) is 32.6 Å². The minimum Gasteiger partial charge on any atom is -0.369 e. The maximum atomic E-state index is 12.9. The summed E-state index contributed by atoms with van der Waals surface area (Å²) < 4.78 is 38.7. The van der Waals surface area contributed by atoms with Crippen molar-refractivity contribution in [2.45, 2.75) is 44.8 Å². The zero-order valence-corrected chi connectivity index (χ0v) is 13.3. The average Bonchev–Trinajstić information content (AvgIpc) is 2.53. The summed E-state index contributed by atoms with van der Waals surface area (Å²) in [5, 5.41) is 0. The first-order valence-electron chi connectivity index (χ1n) is 8.09. The lowest BCUT2D eigenvalue weighted by atomic mass is 9.95. The molecule has 0 aliphatic carbocycles. The van der Waals surface area contributed by atoms with Gasteiger partial charge in [0.2, 0.25) is 11.8 Å². The molecule has 0 spiro atoms. The maximum absolute atomic E-state index is 12.9. The molecule has 8 heteroatoms. The Bertz CT molecular complexity index is 456. The molecule has 2 heterocycles. The predicted octanol–water partition coefficient (Wildman–Crippen LogP) is 1.37. The number of halogens is 3. The fourth-order valence-electron chi connectivity index (χ4n) is 3.46. The summed E-state index contributed by atoms with van der Waals surface area (Å²) in [6.45, 7) is 2.81. The minimum atomic E-state index is -4.22. The monoisotopic (exact) mass is 335 g/mol. The molecule has 0 saturated carbocycles. The lowest BCUT2D eigenvalue weighted by molar-refractivity contribution is -0.189. The van der Waals surface area contributed by atoms with Crippen LogP contribution in [0.3, 0.4) is 0 Å². The van der Waals surface area contributed by atoms with Gasteiger partial charge in [0.05, 0.1) is 17.9 Å². The van der Waals surface area contributed by atoms with Gasteiger partial charge in [-0.2, -0.15) is 13.2 Å². The second-order valence-electron chi connectivity index (χ2n) is 6.58. The lowest BCUT2D eigenvalue weighted by Gasteiger charge is -2.40. The lowest BCUT2D eigenvalue weighted by Crippen LogP contribution is -2.54. The van der Waals surface area contributed by atoms with E-state index in [2.05, 4.69) is 0 Å². The summed E-state index contributed by atoms with van der Waals surface area (Å²) >= 11 is 0. The number of hydrogen-bond acceptors (Lipinski definition) is 3. The number of alkyl halides is 3. The molecule has 3 atom stereocenters. The smallest absolute Gasteiger partial charge is 0.369 e. The normalized spacial score (nSPS) is 28.4. The van der Waals surface area contributed by atoms with Gasteiger partial charge in [-0.15, -0.1) is 0 Å². The van der Waals surface area contributed by atoms with Gasteiger partial charge in [-0.25, -0.2) is 0 Å². The number of primary amides is 1. The van der Waals surface area contributed by atoms with E-state index in [0.717, 1.165) is 0 Å². The Kier molecular flexibility index (Phi) is 5.54. The number of likely N-dealkylation sites (tertiary alicyclic amines) is 2. The molecule has 0 radical (unpaired) electrons. The Morgan fingerprint density at radius 2 is 1.78 bits per heavy atom. The summed E-state index contributed by atoms with van der Waals surface area (Å²) in [5.74, 6) is -2.36. The Morgan fingerprint density at radius 1 is 1.13 bits per heavy atom. The second-order valence-corrected chi connectivity index (χ2v) is 6.58. The van der Waals surface area contributed by atoms with E-state index in [1.165, 1.54) is 0 Å². The topological polar surface area (TPSA) is 66.6 Å². The standard InChI is InChI=1S/C15H24F3N3O2/c1-10(20-6-3-5-12(9-20)15(16,17)18)14(23)21-7-2-4-11(8-21)13(19)22/h10-12H,2-9H2,1H3,(H2,19,22)/t10-,11-,12+/m1/s1. The van der Waals surface area contributed by atoms with Gasteiger partial charge in [-0.3, -0.25) is 14.5 Å². The Labute approximate surface area is 134 Å². The first-order valence-corrected chi connectivity index (χ1v) is 8.09. The molecular weight excluding hydrogens is 311 g/mol. The first-order chi connectivity index (χ1) is 10.7. The van der Waals surface area contributed by atoms with E-state index in [0.29, 0.717) is 32.4 Å². The van der Waals surface area contributed by atoms with E-state index >= 15 is 0 Å². The third-order valence-electron chi connectivity index (χ3n) is 4.96. The number of nitrogens with zero attached hydrogens (tertiary/aromatic N) is 2. The number of hydrogen-bond donors (Lipinski definition) is 1. The highest BCUT2D eigenvalue weighted by atomic mass is 19.4. The molecule has 132 valence electrons. The van der Waals surface area contributed by atoms with Crippen molar-refractivity contribution in [1.29, 1.82) is 0 Å². The molecule has 2 aliphatic heterocycles. The zero-order chi connectivity index (χ0) is 17.2. The van der Waals surface area contributed by atoms with Gasteiger partial charge in [0, 0.05) is 19.6 Å². The molecule has 2 amide bonds. The summed E-state index contributed by atoms with van der Waals surface area (Å²) in [6, 6.07) is -0.605. The van der Waals surface area contributed by atoms with Crippen molar-refractivity contribution >= 4 is 11.8 Å². The second kappa shape index (κ2) is 7.07. The molecule has 2 saturated heterocycles. The van der Waals surface area contributed by atoms with Crippen LogP contribution in [0, 0.1) is 11.8 Å². The fourth-order valence-corrected chi connectivity index (χ4v) is 3.46. The van der Waals surface area contributed by atoms with Gasteiger partial charge < -0.3 is 10.6 Å². The molecule has 5 nitrogen and oxygen atoms in total. The van der Waals surface area contributed by atoms with E-state index in [1.54, 1.807) is 16.7 Å². The van der Waals surface area contributed by atoms with Crippen LogP contribution in [-0.4, -0.2) is 60.0 Å². The number of carbonyl (C=O) groups excluding carboxylic acids is 2. The van der Waals surface area contributed by atoms with Crippen LogP contribution in [0.15, 0.2) is 0 Å². The summed E-state index contributed by atoms with van der Waals surface area (Å²) in [4.78, 5) is 27.0. The SMILES string of the molecule is C[C@H](C(=O)N1CCC[C@@H](C(N)=O)C1)N1CCC[C@H](C(F)(F)F)C1. The van der Waals surface area contributed by atoms with Crippen LogP contribution in [0.25, 0.3) is 0 Å². The number of amides is 2. The molecule has 23 heavy (non-hydrogen) atoms. The highest BCUT2D eigenvalue weighted by Gasteiger charge is 2.43.